The highest BCUT2D eigenvalue weighted by molar-refractivity contribution is 6.21. The van der Waals surface area contributed by atoms with Crippen LogP contribution in [0.3, 0.4) is 0 Å². The topological polar surface area (TPSA) is 38.7 Å². The Hall–Kier alpha value is -1.39. The quantitative estimate of drug-likeness (QED) is 0.720. The Morgan fingerprint density at radius 1 is 0.773 bits per heavy atom. The molecule has 0 heterocycles. The molecule has 2 atom stereocenters. The van der Waals surface area contributed by atoms with Crippen LogP contribution in [0.4, 0.5) is 0 Å². The first-order chi connectivity index (χ1) is 10.8. The van der Waals surface area contributed by atoms with E-state index in [0.29, 0.717) is 13.2 Å². The Kier molecular flexibility index (Phi) is 7.40. The maximum atomic E-state index is 9.96. The van der Waals surface area contributed by atoms with Gasteiger partial charge in [0.05, 0.1) is 37.9 Å². The van der Waals surface area contributed by atoms with Gasteiger partial charge in [-0.25, -0.2) is 0 Å². The molecule has 0 saturated carbocycles. The van der Waals surface area contributed by atoms with Crippen LogP contribution in [0.25, 0.3) is 0 Å². The van der Waals surface area contributed by atoms with Gasteiger partial charge in [0, 0.05) is 0 Å². The highest BCUT2D eigenvalue weighted by atomic mass is 35.5. The summed E-state index contributed by atoms with van der Waals surface area (Å²) < 4.78 is 11.0. The van der Waals surface area contributed by atoms with Gasteiger partial charge in [-0.1, -0.05) is 60.7 Å². The summed E-state index contributed by atoms with van der Waals surface area (Å²) in [6, 6.07) is 19.7. The third-order valence-corrected chi connectivity index (χ3v) is 3.62. The molecule has 0 amide bonds. The van der Waals surface area contributed by atoms with E-state index < -0.39 is 11.5 Å². The van der Waals surface area contributed by atoms with Crippen molar-refractivity contribution in [2.24, 2.45) is 0 Å². The second-order valence-electron chi connectivity index (χ2n) is 5.08. The van der Waals surface area contributed by atoms with Crippen molar-refractivity contribution >= 4 is 11.6 Å². The number of hydrogen-bond acceptors (Lipinski definition) is 3. The largest absolute Gasteiger partial charge is 0.389 e. The Bertz CT molecular complexity index is 469. The third kappa shape index (κ3) is 6.16. The summed E-state index contributed by atoms with van der Waals surface area (Å²) in [7, 11) is 0. The summed E-state index contributed by atoms with van der Waals surface area (Å²) in [5.74, 6) is 0. The lowest BCUT2D eigenvalue weighted by atomic mass is 10.2. The van der Waals surface area contributed by atoms with Crippen LogP contribution in [-0.2, 0) is 22.7 Å². The minimum Gasteiger partial charge on any atom is -0.389 e. The molecule has 4 heteroatoms. The number of aliphatic hydroxyl groups excluding tert-OH is 1. The summed E-state index contributed by atoms with van der Waals surface area (Å²) in [4.78, 5) is 0. The second kappa shape index (κ2) is 9.59. The first-order valence-electron chi connectivity index (χ1n) is 7.31. The van der Waals surface area contributed by atoms with E-state index in [1.165, 1.54) is 0 Å². The third-order valence-electron chi connectivity index (χ3n) is 3.21. The standard InChI is InChI=1S/C18H21ClO3/c19-17(13-21-11-15-7-3-1-4-8-15)18(20)14-22-12-16-9-5-2-6-10-16/h1-10,17-18,20H,11-14H2/t17-,18-/m0/s1. The molecule has 0 bridgehead atoms. The molecule has 2 rings (SSSR count). The van der Waals surface area contributed by atoms with Crippen molar-refractivity contribution in [3.05, 3.63) is 71.8 Å². The van der Waals surface area contributed by atoms with Crippen molar-refractivity contribution in [1.29, 1.82) is 0 Å². The Morgan fingerprint density at radius 3 is 1.73 bits per heavy atom. The zero-order valence-electron chi connectivity index (χ0n) is 12.4. The fourth-order valence-electron chi connectivity index (χ4n) is 1.95. The van der Waals surface area contributed by atoms with Crippen LogP contribution in [-0.4, -0.2) is 29.8 Å². The molecule has 22 heavy (non-hydrogen) atoms. The van der Waals surface area contributed by atoms with Crippen LogP contribution in [0.15, 0.2) is 60.7 Å². The van der Waals surface area contributed by atoms with Gasteiger partial charge >= 0.3 is 0 Å². The molecule has 0 fully saturated rings. The molecule has 0 aromatic heterocycles. The highest BCUT2D eigenvalue weighted by Crippen LogP contribution is 2.09. The molecule has 0 unspecified atom stereocenters. The molecule has 0 aliphatic heterocycles. The first-order valence-corrected chi connectivity index (χ1v) is 7.75. The molecule has 2 aromatic carbocycles. The van der Waals surface area contributed by atoms with Gasteiger partial charge in [-0.2, -0.15) is 0 Å². The number of rotatable bonds is 9. The number of aliphatic hydroxyl groups is 1. The molecular formula is C18H21ClO3. The Balaban J connectivity index is 1.61. The molecule has 0 saturated heterocycles. The van der Waals surface area contributed by atoms with Crippen molar-refractivity contribution in [2.45, 2.75) is 24.7 Å². The van der Waals surface area contributed by atoms with Crippen LogP contribution in [0.2, 0.25) is 0 Å². The first kappa shape index (κ1) is 17.0. The minimum absolute atomic E-state index is 0.192. The van der Waals surface area contributed by atoms with Crippen LogP contribution in [0.1, 0.15) is 11.1 Å². The van der Waals surface area contributed by atoms with Crippen LogP contribution in [0, 0.1) is 0 Å². The van der Waals surface area contributed by atoms with Gasteiger partial charge in [-0.15, -0.1) is 11.6 Å². The molecule has 0 aliphatic carbocycles. The van der Waals surface area contributed by atoms with Crippen molar-refractivity contribution in [2.75, 3.05) is 13.2 Å². The Labute approximate surface area is 136 Å². The average Bonchev–Trinajstić information content (AvgIpc) is 2.56. The maximum Gasteiger partial charge on any atom is 0.0959 e. The molecular weight excluding hydrogens is 300 g/mol. The van der Waals surface area contributed by atoms with E-state index in [9.17, 15) is 5.11 Å². The molecule has 118 valence electrons. The summed E-state index contributed by atoms with van der Waals surface area (Å²) in [5.41, 5.74) is 2.15. The summed E-state index contributed by atoms with van der Waals surface area (Å²) in [6.07, 6.45) is -0.749. The lowest BCUT2D eigenvalue weighted by molar-refractivity contribution is 0.00803. The molecule has 2 aromatic rings. The van der Waals surface area contributed by atoms with Gasteiger partial charge in [0.1, 0.15) is 0 Å². The number of halogens is 1. The maximum absolute atomic E-state index is 9.96. The summed E-state index contributed by atoms with van der Waals surface area (Å²) in [6.45, 7) is 1.43. The molecule has 1 N–H and O–H groups in total. The fourth-order valence-corrected chi connectivity index (χ4v) is 2.11. The molecule has 0 radical (unpaired) electrons. The van der Waals surface area contributed by atoms with E-state index in [-0.39, 0.29) is 13.2 Å². The fraction of sp³-hybridized carbons (Fsp3) is 0.333. The van der Waals surface area contributed by atoms with Crippen LogP contribution >= 0.6 is 11.6 Å². The van der Waals surface area contributed by atoms with Crippen molar-refractivity contribution < 1.29 is 14.6 Å². The highest BCUT2D eigenvalue weighted by Gasteiger charge is 2.17. The number of alkyl halides is 1. The van der Waals surface area contributed by atoms with Gasteiger partial charge in [-0.05, 0) is 11.1 Å². The lowest BCUT2D eigenvalue weighted by Crippen LogP contribution is -2.30. The number of ether oxygens (including phenoxy) is 2. The van der Waals surface area contributed by atoms with Gasteiger partial charge in [0.2, 0.25) is 0 Å². The van der Waals surface area contributed by atoms with Crippen LogP contribution < -0.4 is 0 Å². The van der Waals surface area contributed by atoms with E-state index in [2.05, 4.69) is 0 Å². The summed E-state index contributed by atoms with van der Waals surface area (Å²) >= 11 is 6.12. The Morgan fingerprint density at radius 2 is 1.23 bits per heavy atom. The summed E-state index contributed by atoms with van der Waals surface area (Å²) in [5, 5.41) is 9.47. The molecule has 3 nitrogen and oxygen atoms in total. The normalized spacial score (nSPS) is 13.7. The predicted molar refractivity (Wildman–Crippen MR) is 87.8 cm³/mol. The smallest absolute Gasteiger partial charge is 0.0959 e. The van der Waals surface area contributed by atoms with E-state index in [4.69, 9.17) is 21.1 Å². The van der Waals surface area contributed by atoms with Gasteiger partial charge in [0.25, 0.3) is 0 Å². The molecule has 0 aliphatic rings. The average molecular weight is 321 g/mol. The van der Waals surface area contributed by atoms with Gasteiger partial charge in [-0.3, -0.25) is 0 Å². The van der Waals surface area contributed by atoms with Crippen LogP contribution in [0.5, 0.6) is 0 Å². The second-order valence-corrected chi connectivity index (χ2v) is 5.65. The van der Waals surface area contributed by atoms with E-state index in [1.807, 2.05) is 60.7 Å². The minimum atomic E-state index is -0.749. The zero-order chi connectivity index (χ0) is 15.6. The van der Waals surface area contributed by atoms with E-state index in [1.54, 1.807) is 0 Å². The monoisotopic (exact) mass is 320 g/mol. The van der Waals surface area contributed by atoms with Crippen molar-refractivity contribution in [1.82, 2.24) is 0 Å². The van der Waals surface area contributed by atoms with Crippen molar-refractivity contribution in [3.63, 3.8) is 0 Å². The zero-order valence-corrected chi connectivity index (χ0v) is 13.2. The number of benzene rings is 2. The van der Waals surface area contributed by atoms with Crippen molar-refractivity contribution in [3.8, 4) is 0 Å². The lowest BCUT2D eigenvalue weighted by Gasteiger charge is -2.17. The SMILES string of the molecule is O[C@@H](COCc1ccccc1)[C@@H](Cl)COCc1ccccc1. The predicted octanol–water partition coefficient (Wildman–Crippen LogP) is 3.39. The van der Waals surface area contributed by atoms with Gasteiger partial charge in [0.15, 0.2) is 0 Å². The van der Waals surface area contributed by atoms with Gasteiger partial charge < -0.3 is 14.6 Å². The van der Waals surface area contributed by atoms with E-state index in [0.717, 1.165) is 11.1 Å². The number of hydrogen-bond donors (Lipinski definition) is 1. The van der Waals surface area contributed by atoms with E-state index >= 15 is 0 Å². The molecule has 0 spiro atoms.